The van der Waals surface area contributed by atoms with E-state index in [1.807, 2.05) is 0 Å². The monoisotopic (exact) mass is 350 g/mol. The molecule has 0 radical (unpaired) electrons. The van der Waals surface area contributed by atoms with Gasteiger partial charge < -0.3 is 5.32 Å². The van der Waals surface area contributed by atoms with E-state index in [2.05, 4.69) is 5.32 Å². The maximum Gasteiger partial charge on any atom is 0.289 e. The quantitative estimate of drug-likeness (QED) is 0.906. The van der Waals surface area contributed by atoms with Gasteiger partial charge in [0.1, 0.15) is 5.82 Å². The van der Waals surface area contributed by atoms with Crippen molar-refractivity contribution in [2.24, 2.45) is 0 Å². The Morgan fingerprint density at radius 2 is 1.92 bits per heavy atom. The summed E-state index contributed by atoms with van der Waals surface area (Å²) in [5, 5.41) is 2.74. The van der Waals surface area contributed by atoms with Crippen LogP contribution in [0.2, 0.25) is 0 Å². The minimum absolute atomic E-state index is 0.153. The fourth-order valence-electron chi connectivity index (χ4n) is 3.32. The Morgan fingerprint density at radius 3 is 2.58 bits per heavy atom. The number of thioether (sulfide) groups is 1. The molecular formula is C17H19FN2O3S. The Kier molecular flexibility index (Phi) is 5.18. The van der Waals surface area contributed by atoms with Gasteiger partial charge in [0.05, 0.1) is 18.2 Å². The molecule has 0 spiro atoms. The summed E-state index contributed by atoms with van der Waals surface area (Å²) in [4.78, 5) is 37.5. The number of carbonyl (C=O) groups excluding carboxylic acids is 3. The zero-order valence-electron chi connectivity index (χ0n) is 13.2. The lowest BCUT2D eigenvalue weighted by atomic mass is 9.89. The summed E-state index contributed by atoms with van der Waals surface area (Å²) >= 11 is 1.02. The van der Waals surface area contributed by atoms with Crippen molar-refractivity contribution in [3.05, 3.63) is 35.6 Å². The van der Waals surface area contributed by atoms with E-state index in [0.717, 1.165) is 43.0 Å². The molecular weight excluding hydrogens is 331 g/mol. The molecule has 1 aromatic carbocycles. The predicted molar refractivity (Wildman–Crippen MR) is 89.0 cm³/mol. The van der Waals surface area contributed by atoms with Crippen LogP contribution in [-0.2, 0) is 16.0 Å². The first kappa shape index (κ1) is 17.0. The van der Waals surface area contributed by atoms with Crippen LogP contribution in [0.3, 0.4) is 0 Å². The first-order valence-electron chi connectivity index (χ1n) is 8.07. The van der Waals surface area contributed by atoms with Gasteiger partial charge in [-0.3, -0.25) is 19.3 Å². The van der Waals surface area contributed by atoms with Crippen molar-refractivity contribution >= 4 is 28.8 Å². The number of hydrogen-bond donors (Lipinski definition) is 1. The maximum atomic E-state index is 12.9. The van der Waals surface area contributed by atoms with Gasteiger partial charge in [-0.2, -0.15) is 0 Å². The van der Waals surface area contributed by atoms with Crippen molar-refractivity contribution in [3.63, 3.8) is 0 Å². The molecule has 2 aliphatic rings. The van der Waals surface area contributed by atoms with Crippen molar-refractivity contribution in [2.45, 2.75) is 44.2 Å². The highest BCUT2D eigenvalue weighted by atomic mass is 32.2. The fraction of sp³-hybridized carbons (Fsp3) is 0.471. The molecule has 1 heterocycles. The van der Waals surface area contributed by atoms with E-state index in [9.17, 15) is 18.8 Å². The molecule has 2 atom stereocenters. The summed E-state index contributed by atoms with van der Waals surface area (Å²) in [5.41, 5.74) is 0.727. The van der Waals surface area contributed by atoms with E-state index in [1.165, 1.54) is 17.0 Å². The molecule has 1 N–H and O–H groups in total. The molecule has 24 heavy (non-hydrogen) atoms. The summed E-state index contributed by atoms with van der Waals surface area (Å²) in [6.07, 6.45) is 3.53. The number of carbonyl (C=O) groups is 3. The number of nitrogens with zero attached hydrogens (tertiary/aromatic N) is 1. The predicted octanol–water partition coefficient (Wildman–Crippen LogP) is 2.49. The van der Waals surface area contributed by atoms with Crippen LogP contribution < -0.4 is 5.32 Å². The van der Waals surface area contributed by atoms with E-state index in [1.54, 1.807) is 12.1 Å². The lowest BCUT2D eigenvalue weighted by Crippen LogP contribution is -2.55. The number of rotatable bonds is 4. The highest BCUT2D eigenvalue weighted by Crippen LogP contribution is 2.30. The number of nitrogens with one attached hydrogen (secondary N) is 1. The second-order valence-electron chi connectivity index (χ2n) is 6.15. The van der Waals surface area contributed by atoms with Gasteiger partial charge in [-0.25, -0.2) is 4.39 Å². The van der Waals surface area contributed by atoms with Crippen LogP contribution in [0.25, 0.3) is 0 Å². The third-order valence-corrected chi connectivity index (χ3v) is 5.30. The SMILES string of the molecule is O=C(Cc1ccc(F)cc1)NC1CCCCC1N1C(=O)CSC1=O. The zero-order chi connectivity index (χ0) is 17.1. The molecule has 2 unspecified atom stereocenters. The molecule has 1 aliphatic heterocycles. The first-order chi connectivity index (χ1) is 11.5. The Morgan fingerprint density at radius 1 is 1.21 bits per heavy atom. The molecule has 5 nitrogen and oxygen atoms in total. The molecule has 1 aliphatic carbocycles. The topological polar surface area (TPSA) is 66.5 Å². The van der Waals surface area contributed by atoms with Crippen molar-refractivity contribution in [1.29, 1.82) is 0 Å². The molecule has 1 saturated carbocycles. The molecule has 2 fully saturated rings. The third kappa shape index (κ3) is 3.77. The van der Waals surface area contributed by atoms with Crippen LogP contribution in [0, 0.1) is 5.82 Å². The lowest BCUT2D eigenvalue weighted by Gasteiger charge is -2.36. The maximum absolute atomic E-state index is 12.9. The van der Waals surface area contributed by atoms with Crippen molar-refractivity contribution < 1.29 is 18.8 Å². The second-order valence-corrected chi connectivity index (χ2v) is 7.07. The van der Waals surface area contributed by atoms with Gasteiger partial charge in [-0.05, 0) is 30.5 Å². The number of benzene rings is 1. The van der Waals surface area contributed by atoms with Crippen molar-refractivity contribution in [1.82, 2.24) is 10.2 Å². The minimum atomic E-state index is -0.338. The van der Waals surface area contributed by atoms with Crippen LogP contribution in [0.1, 0.15) is 31.2 Å². The number of amides is 3. The highest BCUT2D eigenvalue weighted by molar-refractivity contribution is 8.14. The zero-order valence-corrected chi connectivity index (χ0v) is 14.0. The standard InChI is InChI=1S/C17H19FN2O3S/c18-12-7-5-11(6-8-12)9-15(21)19-13-3-1-2-4-14(13)20-16(22)10-24-17(20)23/h5-8,13-14H,1-4,9-10H2,(H,19,21). The Hall–Kier alpha value is -1.89. The summed E-state index contributed by atoms with van der Waals surface area (Å²) in [6, 6.07) is 5.34. The Labute approximate surface area is 144 Å². The van der Waals surface area contributed by atoms with Crippen LogP contribution in [0.4, 0.5) is 9.18 Å². The first-order valence-corrected chi connectivity index (χ1v) is 9.06. The summed E-state index contributed by atoms with van der Waals surface area (Å²) in [6.45, 7) is 0. The van der Waals surface area contributed by atoms with E-state index >= 15 is 0 Å². The molecule has 0 bridgehead atoms. The Bertz CT molecular complexity index is 634. The van der Waals surface area contributed by atoms with E-state index in [-0.39, 0.29) is 47.1 Å². The second kappa shape index (κ2) is 7.34. The average Bonchev–Trinajstić information content (AvgIpc) is 2.89. The van der Waals surface area contributed by atoms with Gasteiger partial charge in [0.2, 0.25) is 11.8 Å². The molecule has 1 aromatic rings. The largest absolute Gasteiger partial charge is 0.351 e. The smallest absolute Gasteiger partial charge is 0.289 e. The van der Waals surface area contributed by atoms with Gasteiger partial charge in [-0.15, -0.1) is 0 Å². The van der Waals surface area contributed by atoms with E-state index < -0.39 is 0 Å². The van der Waals surface area contributed by atoms with Crippen LogP contribution in [0.15, 0.2) is 24.3 Å². The summed E-state index contributed by atoms with van der Waals surface area (Å²) in [7, 11) is 0. The fourth-order valence-corrected chi connectivity index (χ4v) is 4.08. The van der Waals surface area contributed by atoms with Crippen molar-refractivity contribution in [3.8, 4) is 0 Å². The van der Waals surface area contributed by atoms with Gasteiger partial charge in [0.15, 0.2) is 0 Å². The molecule has 3 rings (SSSR count). The Balaban J connectivity index is 1.65. The van der Waals surface area contributed by atoms with Crippen LogP contribution >= 0.6 is 11.8 Å². The molecule has 128 valence electrons. The van der Waals surface area contributed by atoms with E-state index in [0.29, 0.717) is 0 Å². The van der Waals surface area contributed by atoms with Crippen molar-refractivity contribution in [2.75, 3.05) is 5.75 Å². The van der Waals surface area contributed by atoms with Gasteiger partial charge in [0, 0.05) is 6.04 Å². The normalized spacial score (nSPS) is 24.3. The molecule has 1 saturated heterocycles. The van der Waals surface area contributed by atoms with E-state index in [4.69, 9.17) is 0 Å². The highest BCUT2D eigenvalue weighted by Gasteiger charge is 2.41. The molecule has 3 amide bonds. The van der Waals surface area contributed by atoms with Gasteiger partial charge in [0.25, 0.3) is 5.24 Å². The average molecular weight is 350 g/mol. The number of hydrogen-bond acceptors (Lipinski definition) is 4. The van der Waals surface area contributed by atoms with Gasteiger partial charge in [-0.1, -0.05) is 36.7 Å². The molecule has 0 aromatic heterocycles. The van der Waals surface area contributed by atoms with Gasteiger partial charge >= 0.3 is 0 Å². The molecule has 7 heteroatoms. The summed E-state index contributed by atoms with van der Waals surface area (Å²) < 4.78 is 12.9. The van der Waals surface area contributed by atoms with Crippen LogP contribution in [0.5, 0.6) is 0 Å². The van der Waals surface area contributed by atoms with Crippen LogP contribution in [-0.4, -0.2) is 39.8 Å². The number of imide groups is 1. The minimum Gasteiger partial charge on any atom is -0.351 e. The lowest BCUT2D eigenvalue weighted by molar-refractivity contribution is -0.129. The summed E-state index contributed by atoms with van der Waals surface area (Å²) in [5.74, 6) is -0.499. The number of halogens is 1. The third-order valence-electron chi connectivity index (χ3n) is 4.47.